The Kier molecular flexibility index (Phi) is 6.46. The zero-order valence-corrected chi connectivity index (χ0v) is 24.5. The van der Waals surface area contributed by atoms with E-state index >= 15 is 0 Å². The molecular formula is C30H26Br2N2O2S. The number of halogens is 2. The van der Waals surface area contributed by atoms with Crippen LogP contribution in [0.1, 0.15) is 33.7 Å². The van der Waals surface area contributed by atoms with Gasteiger partial charge in [0, 0.05) is 38.1 Å². The first-order chi connectivity index (χ1) is 17.8. The summed E-state index contributed by atoms with van der Waals surface area (Å²) >= 11 is 9.12. The van der Waals surface area contributed by atoms with Crippen molar-refractivity contribution in [3.8, 4) is 0 Å². The van der Waals surface area contributed by atoms with Crippen molar-refractivity contribution in [1.29, 1.82) is 0 Å². The standard InChI is InChI=1S/C30H26Br2N2O2S/c1-17-3-7-19(8-4-17)9-12-25(35)27-26(20-10-5-18(2)6-11-20)24-15-37-16-34(24)30(27)22-13-21(31)14-23(32)28(22)33-29(30)36/h3-14,24,26-27H,15-16H2,1-2H3,(H,33,36)/b12-9+/t24?,26-,27+,30?/m1/s1. The van der Waals surface area contributed by atoms with E-state index in [1.165, 1.54) is 11.1 Å². The lowest BCUT2D eigenvalue weighted by Gasteiger charge is -2.36. The van der Waals surface area contributed by atoms with Crippen LogP contribution in [0.5, 0.6) is 0 Å². The molecule has 0 bridgehead atoms. The molecule has 4 nitrogen and oxygen atoms in total. The normalized spacial score (nSPS) is 26.6. The predicted molar refractivity (Wildman–Crippen MR) is 158 cm³/mol. The maximum absolute atomic E-state index is 14.3. The van der Waals surface area contributed by atoms with E-state index in [0.29, 0.717) is 5.88 Å². The number of nitrogens with one attached hydrogen (secondary N) is 1. The molecule has 188 valence electrons. The highest BCUT2D eigenvalue weighted by Gasteiger charge is 2.69. The second-order valence-corrected chi connectivity index (χ2v) is 12.9. The minimum atomic E-state index is -1.08. The first-order valence-corrected chi connectivity index (χ1v) is 15.1. The number of fused-ring (bicyclic) bond motifs is 4. The van der Waals surface area contributed by atoms with Gasteiger partial charge >= 0.3 is 0 Å². The molecule has 0 saturated carbocycles. The van der Waals surface area contributed by atoms with Crippen LogP contribution in [-0.2, 0) is 15.1 Å². The van der Waals surface area contributed by atoms with Crippen molar-refractivity contribution in [3.05, 3.63) is 104 Å². The topological polar surface area (TPSA) is 49.4 Å². The minimum Gasteiger partial charge on any atom is -0.323 e. The summed E-state index contributed by atoms with van der Waals surface area (Å²) in [7, 11) is 0. The Hall–Kier alpha value is -2.19. The van der Waals surface area contributed by atoms with E-state index in [-0.39, 0.29) is 23.7 Å². The van der Waals surface area contributed by atoms with Crippen molar-refractivity contribution in [2.24, 2.45) is 5.92 Å². The van der Waals surface area contributed by atoms with Crippen LogP contribution >= 0.6 is 43.6 Å². The predicted octanol–water partition coefficient (Wildman–Crippen LogP) is 7.05. The first kappa shape index (κ1) is 25.1. The molecule has 1 N–H and O–H groups in total. The lowest BCUT2D eigenvalue weighted by molar-refractivity contribution is -0.134. The number of allylic oxidation sites excluding steroid dienone is 1. The minimum absolute atomic E-state index is 0.0235. The van der Waals surface area contributed by atoms with Crippen LogP contribution in [0.4, 0.5) is 5.69 Å². The summed E-state index contributed by atoms with van der Waals surface area (Å²) in [6, 6.07) is 20.6. The number of rotatable bonds is 4. The average Bonchev–Trinajstić information content (AvgIpc) is 3.53. The highest BCUT2D eigenvalue weighted by molar-refractivity contribution is 9.11. The van der Waals surface area contributed by atoms with E-state index in [4.69, 9.17) is 0 Å². The van der Waals surface area contributed by atoms with E-state index in [0.717, 1.165) is 37.1 Å². The molecule has 37 heavy (non-hydrogen) atoms. The Labute approximate surface area is 238 Å². The Morgan fingerprint density at radius 2 is 1.73 bits per heavy atom. The van der Waals surface area contributed by atoms with Crippen LogP contribution in [0.3, 0.4) is 0 Å². The molecule has 2 saturated heterocycles. The van der Waals surface area contributed by atoms with Gasteiger partial charge in [-0.1, -0.05) is 81.7 Å². The van der Waals surface area contributed by atoms with Crippen molar-refractivity contribution >= 4 is 67.1 Å². The maximum atomic E-state index is 14.3. The van der Waals surface area contributed by atoms with Gasteiger partial charge in [0.1, 0.15) is 5.54 Å². The molecule has 2 fully saturated rings. The third-order valence-corrected chi connectivity index (χ3v) is 10.1. The quantitative estimate of drug-likeness (QED) is 0.312. The Bertz CT molecular complexity index is 1440. The molecule has 3 aromatic rings. The Morgan fingerprint density at radius 1 is 1.05 bits per heavy atom. The summed E-state index contributed by atoms with van der Waals surface area (Å²) in [5, 5.41) is 3.15. The Morgan fingerprint density at radius 3 is 2.43 bits per heavy atom. The van der Waals surface area contributed by atoms with E-state index in [1.807, 2.05) is 61.2 Å². The number of hydrogen-bond acceptors (Lipinski definition) is 4. The number of benzene rings is 3. The zero-order valence-electron chi connectivity index (χ0n) is 20.5. The van der Waals surface area contributed by atoms with Gasteiger partial charge in [-0.15, -0.1) is 11.8 Å². The summed E-state index contributed by atoms with van der Waals surface area (Å²) in [6.07, 6.45) is 3.57. The van der Waals surface area contributed by atoms with Gasteiger partial charge in [0.15, 0.2) is 5.78 Å². The fourth-order valence-corrected chi connectivity index (χ4v) is 8.90. The summed E-state index contributed by atoms with van der Waals surface area (Å²) in [6.45, 7) is 4.12. The van der Waals surface area contributed by atoms with Crippen LogP contribution < -0.4 is 5.32 Å². The summed E-state index contributed by atoms with van der Waals surface area (Å²) in [5.41, 5.74) is 4.96. The van der Waals surface area contributed by atoms with E-state index < -0.39 is 11.5 Å². The number of thioether (sulfide) groups is 1. The van der Waals surface area contributed by atoms with Crippen LogP contribution in [0.15, 0.2) is 75.7 Å². The fraction of sp³-hybridized carbons (Fsp3) is 0.267. The number of hydrogen-bond donors (Lipinski definition) is 1. The Balaban J connectivity index is 1.55. The number of carbonyl (C=O) groups excluding carboxylic acids is 2. The van der Waals surface area contributed by atoms with Crippen LogP contribution in [0.2, 0.25) is 0 Å². The van der Waals surface area contributed by atoms with Crippen molar-refractivity contribution in [2.75, 3.05) is 16.9 Å². The summed E-state index contributed by atoms with van der Waals surface area (Å²) < 4.78 is 1.68. The van der Waals surface area contributed by atoms with Crippen molar-refractivity contribution in [1.82, 2.24) is 4.90 Å². The number of anilines is 1. The van der Waals surface area contributed by atoms with Gasteiger partial charge < -0.3 is 5.32 Å². The van der Waals surface area contributed by atoms with Crippen molar-refractivity contribution in [2.45, 2.75) is 31.3 Å². The van der Waals surface area contributed by atoms with Crippen molar-refractivity contribution in [3.63, 3.8) is 0 Å². The maximum Gasteiger partial charge on any atom is 0.250 e. The lowest BCUT2D eigenvalue weighted by atomic mass is 9.70. The fourth-order valence-electron chi connectivity index (χ4n) is 6.25. The molecule has 3 aliphatic rings. The monoisotopic (exact) mass is 636 g/mol. The molecule has 1 amide bonds. The van der Waals surface area contributed by atoms with E-state index in [2.05, 4.69) is 73.3 Å². The number of ketones is 1. The molecule has 2 unspecified atom stereocenters. The molecular weight excluding hydrogens is 612 g/mol. The molecule has 3 aromatic carbocycles. The number of nitrogens with zero attached hydrogens (tertiary/aromatic N) is 1. The third kappa shape index (κ3) is 3.97. The molecule has 7 heteroatoms. The van der Waals surface area contributed by atoms with Gasteiger partial charge in [-0.3, -0.25) is 14.5 Å². The van der Waals surface area contributed by atoms with Gasteiger partial charge in [0.05, 0.1) is 11.6 Å². The second kappa shape index (κ2) is 9.53. The third-order valence-electron chi connectivity index (χ3n) is 7.93. The second-order valence-electron chi connectivity index (χ2n) is 10.1. The molecule has 6 rings (SSSR count). The van der Waals surface area contributed by atoms with Gasteiger partial charge in [-0.05, 0) is 59.1 Å². The van der Waals surface area contributed by atoms with Crippen LogP contribution in [0.25, 0.3) is 6.08 Å². The molecule has 1 spiro atoms. The van der Waals surface area contributed by atoms with Gasteiger partial charge in [0.2, 0.25) is 5.91 Å². The summed E-state index contributed by atoms with van der Waals surface area (Å²) in [5.74, 6) is 0.763. The average molecular weight is 638 g/mol. The molecule has 4 atom stereocenters. The molecule has 0 radical (unpaired) electrons. The van der Waals surface area contributed by atoms with Gasteiger partial charge in [-0.25, -0.2) is 0 Å². The molecule has 3 aliphatic heterocycles. The van der Waals surface area contributed by atoms with E-state index in [9.17, 15) is 9.59 Å². The molecule has 3 heterocycles. The van der Waals surface area contributed by atoms with Gasteiger partial charge in [-0.2, -0.15) is 0 Å². The van der Waals surface area contributed by atoms with Gasteiger partial charge in [0.25, 0.3) is 0 Å². The highest BCUT2D eigenvalue weighted by atomic mass is 79.9. The zero-order chi connectivity index (χ0) is 25.9. The van der Waals surface area contributed by atoms with Crippen molar-refractivity contribution < 1.29 is 9.59 Å². The van der Waals surface area contributed by atoms with E-state index in [1.54, 1.807) is 6.08 Å². The van der Waals surface area contributed by atoms with Crippen LogP contribution in [-0.4, -0.2) is 34.3 Å². The lowest BCUT2D eigenvalue weighted by Crippen LogP contribution is -2.52. The highest BCUT2D eigenvalue weighted by Crippen LogP contribution is 2.62. The number of aryl methyl sites for hydroxylation is 2. The van der Waals surface area contributed by atoms with Crippen LogP contribution in [0, 0.1) is 19.8 Å². The largest absolute Gasteiger partial charge is 0.323 e. The smallest absolute Gasteiger partial charge is 0.250 e. The SMILES string of the molecule is Cc1ccc(/C=C/C(=O)[C@H]2[C@H](c3ccc(C)cc3)C3CSCN3C23C(=O)Nc2c(Br)cc(Br)cc23)cc1. The molecule has 0 aliphatic carbocycles. The first-order valence-electron chi connectivity index (χ1n) is 12.3. The summed E-state index contributed by atoms with van der Waals surface area (Å²) in [4.78, 5) is 30.8. The molecule has 0 aromatic heterocycles. The number of carbonyl (C=O) groups is 2. The number of amides is 1.